The second-order valence-corrected chi connectivity index (χ2v) is 5.86. The number of urea groups is 1. The van der Waals surface area contributed by atoms with E-state index in [-0.39, 0.29) is 18.6 Å². The van der Waals surface area contributed by atoms with E-state index < -0.39 is 0 Å². The number of rotatable bonds is 5. The number of amides is 2. The van der Waals surface area contributed by atoms with E-state index in [1.807, 2.05) is 19.1 Å². The zero-order valence-corrected chi connectivity index (χ0v) is 12.9. The lowest BCUT2D eigenvalue weighted by atomic mass is 10.1. The maximum atomic E-state index is 11.9. The fourth-order valence-electron chi connectivity index (χ4n) is 2.08. The Morgan fingerprint density at radius 2 is 2.14 bits per heavy atom. The van der Waals surface area contributed by atoms with Gasteiger partial charge in [-0.05, 0) is 37.5 Å². The van der Waals surface area contributed by atoms with Gasteiger partial charge in [-0.1, -0.05) is 28.9 Å². The third-order valence-electron chi connectivity index (χ3n) is 3.54. The monoisotopic (exact) mass is 320 g/mol. The quantitative estimate of drug-likeness (QED) is 0.886. The molecule has 1 heterocycles. The topological polar surface area (TPSA) is 80.0 Å². The van der Waals surface area contributed by atoms with Crippen molar-refractivity contribution >= 4 is 17.6 Å². The average molecular weight is 321 g/mol. The Hall–Kier alpha value is -2.08. The molecule has 0 radical (unpaired) electrons. The predicted molar refractivity (Wildman–Crippen MR) is 81.5 cm³/mol. The second kappa shape index (κ2) is 6.36. The number of hydrogen-bond acceptors (Lipinski definition) is 4. The molecule has 2 N–H and O–H groups in total. The van der Waals surface area contributed by atoms with Crippen LogP contribution in [0.25, 0.3) is 0 Å². The van der Waals surface area contributed by atoms with Gasteiger partial charge in [-0.3, -0.25) is 0 Å². The fraction of sp³-hybridized carbons (Fsp3) is 0.400. The van der Waals surface area contributed by atoms with Crippen molar-refractivity contribution in [1.82, 2.24) is 20.8 Å². The van der Waals surface area contributed by atoms with Gasteiger partial charge >= 0.3 is 6.03 Å². The predicted octanol–water partition coefficient (Wildman–Crippen LogP) is 3.16. The highest BCUT2D eigenvalue weighted by molar-refractivity contribution is 6.30. The van der Waals surface area contributed by atoms with Crippen molar-refractivity contribution in [3.63, 3.8) is 0 Å². The van der Waals surface area contributed by atoms with Crippen LogP contribution in [-0.2, 0) is 6.54 Å². The molecule has 1 fully saturated rings. The highest BCUT2D eigenvalue weighted by atomic mass is 35.5. The number of nitrogens with zero attached hydrogens (tertiary/aromatic N) is 2. The molecule has 1 saturated carbocycles. The van der Waals surface area contributed by atoms with Crippen molar-refractivity contribution in [2.45, 2.75) is 38.3 Å². The summed E-state index contributed by atoms with van der Waals surface area (Å²) in [5, 5.41) is 10.1. The minimum atomic E-state index is -0.278. The van der Waals surface area contributed by atoms with E-state index in [2.05, 4.69) is 20.8 Å². The van der Waals surface area contributed by atoms with Crippen molar-refractivity contribution in [2.75, 3.05) is 0 Å². The van der Waals surface area contributed by atoms with Crippen LogP contribution in [0.2, 0.25) is 5.02 Å². The first-order chi connectivity index (χ1) is 10.6. The third kappa shape index (κ3) is 3.76. The highest BCUT2D eigenvalue weighted by Crippen LogP contribution is 2.38. The summed E-state index contributed by atoms with van der Waals surface area (Å²) in [6.45, 7) is 2.15. The fourth-order valence-corrected chi connectivity index (χ4v) is 2.20. The van der Waals surface area contributed by atoms with E-state index in [4.69, 9.17) is 16.1 Å². The molecule has 1 aliphatic rings. The lowest BCUT2D eigenvalue weighted by Crippen LogP contribution is -2.36. The van der Waals surface area contributed by atoms with Crippen LogP contribution in [0.4, 0.5) is 4.79 Å². The molecule has 0 saturated heterocycles. The molecular formula is C15H17ClN4O2. The van der Waals surface area contributed by atoms with Crippen LogP contribution >= 0.6 is 11.6 Å². The van der Waals surface area contributed by atoms with Crippen LogP contribution in [0.1, 0.15) is 49.0 Å². The molecule has 1 aliphatic carbocycles. The normalized spacial score (nSPS) is 15.4. The van der Waals surface area contributed by atoms with Gasteiger partial charge in [0.1, 0.15) is 0 Å². The zero-order valence-electron chi connectivity index (χ0n) is 12.2. The molecule has 1 aromatic carbocycles. The van der Waals surface area contributed by atoms with Gasteiger partial charge in [0.2, 0.25) is 5.89 Å². The van der Waals surface area contributed by atoms with Crippen LogP contribution in [0.15, 0.2) is 28.8 Å². The zero-order chi connectivity index (χ0) is 15.5. The number of aromatic nitrogens is 2. The summed E-state index contributed by atoms with van der Waals surface area (Å²) in [7, 11) is 0. The Kier molecular flexibility index (Phi) is 4.29. The minimum Gasteiger partial charge on any atom is -0.339 e. The molecule has 1 atom stereocenters. The Morgan fingerprint density at radius 3 is 2.82 bits per heavy atom. The molecule has 7 heteroatoms. The van der Waals surface area contributed by atoms with Crippen LogP contribution in [0, 0.1) is 0 Å². The van der Waals surface area contributed by atoms with E-state index in [9.17, 15) is 4.79 Å². The molecule has 6 nitrogen and oxygen atoms in total. The Balaban J connectivity index is 1.47. The molecular weight excluding hydrogens is 304 g/mol. The van der Waals surface area contributed by atoms with Crippen molar-refractivity contribution in [1.29, 1.82) is 0 Å². The number of halogens is 1. The maximum absolute atomic E-state index is 11.9. The summed E-state index contributed by atoms with van der Waals surface area (Å²) in [6, 6.07) is 6.96. The molecule has 116 valence electrons. The van der Waals surface area contributed by atoms with Crippen molar-refractivity contribution in [3.8, 4) is 0 Å². The summed E-state index contributed by atoms with van der Waals surface area (Å²) < 4.78 is 5.14. The SMILES string of the molecule is C[C@@H](NC(=O)NCc1noc(C2CC2)n1)c1ccc(Cl)cc1. The number of carbonyl (C=O) groups is 1. The minimum absolute atomic E-state index is 0.121. The van der Waals surface area contributed by atoms with E-state index in [1.165, 1.54) is 0 Å². The number of hydrogen-bond donors (Lipinski definition) is 2. The summed E-state index contributed by atoms with van der Waals surface area (Å²) in [5.41, 5.74) is 0.982. The largest absolute Gasteiger partial charge is 0.339 e. The molecule has 2 aromatic rings. The average Bonchev–Trinajstić information content (AvgIpc) is 3.25. The summed E-state index contributed by atoms with van der Waals surface area (Å²) in [5.74, 6) is 1.59. The first-order valence-electron chi connectivity index (χ1n) is 7.24. The molecule has 0 unspecified atom stereocenters. The molecule has 0 aliphatic heterocycles. The standard InChI is InChI=1S/C15H17ClN4O2/c1-9(10-4-6-12(16)7-5-10)18-15(21)17-8-13-19-14(22-20-13)11-2-3-11/h4-7,9,11H,2-3,8H2,1H3,(H2,17,18,21)/t9-/m1/s1. The lowest BCUT2D eigenvalue weighted by Gasteiger charge is -2.14. The number of nitrogens with one attached hydrogen (secondary N) is 2. The van der Waals surface area contributed by atoms with Crippen LogP contribution in [0.5, 0.6) is 0 Å². The van der Waals surface area contributed by atoms with Gasteiger partial charge in [0.25, 0.3) is 0 Å². The van der Waals surface area contributed by atoms with Gasteiger partial charge in [0, 0.05) is 10.9 Å². The van der Waals surface area contributed by atoms with Crippen molar-refractivity contribution in [3.05, 3.63) is 46.6 Å². The smallest absolute Gasteiger partial charge is 0.315 e. The number of benzene rings is 1. The maximum Gasteiger partial charge on any atom is 0.315 e. The second-order valence-electron chi connectivity index (χ2n) is 5.42. The van der Waals surface area contributed by atoms with Gasteiger partial charge < -0.3 is 15.2 Å². The first kappa shape index (κ1) is 14.8. The Morgan fingerprint density at radius 1 is 1.41 bits per heavy atom. The van der Waals surface area contributed by atoms with Gasteiger partial charge in [0.05, 0.1) is 12.6 Å². The van der Waals surface area contributed by atoms with Crippen LogP contribution in [-0.4, -0.2) is 16.2 Å². The van der Waals surface area contributed by atoms with Gasteiger partial charge in [-0.15, -0.1) is 0 Å². The van der Waals surface area contributed by atoms with Gasteiger partial charge in [0.15, 0.2) is 5.82 Å². The number of carbonyl (C=O) groups excluding carboxylic acids is 1. The van der Waals surface area contributed by atoms with Gasteiger partial charge in [-0.2, -0.15) is 4.98 Å². The van der Waals surface area contributed by atoms with E-state index in [1.54, 1.807) is 12.1 Å². The Bertz CT molecular complexity index is 652. The molecule has 22 heavy (non-hydrogen) atoms. The van der Waals surface area contributed by atoms with E-state index in [0.717, 1.165) is 18.4 Å². The third-order valence-corrected chi connectivity index (χ3v) is 3.79. The molecule has 2 amide bonds. The Labute approximate surface area is 133 Å². The van der Waals surface area contributed by atoms with Crippen LogP contribution < -0.4 is 10.6 Å². The summed E-state index contributed by atoms with van der Waals surface area (Å²) in [6.07, 6.45) is 2.21. The summed E-state index contributed by atoms with van der Waals surface area (Å²) in [4.78, 5) is 16.1. The summed E-state index contributed by atoms with van der Waals surface area (Å²) >= 11 is 5.85. The van der Waals surface area contributed by atoms with Crippen LogP contribution in [0.3, 0.4) is 0 Å². The highest BCUT2D eigenvalue weighted by Gasteiger charge is 2.29. The molecule has 3 rings (SSSR count). The van der Waals surface area contributed by atoms with E-state index in [0.29, 0.717) is 22.7 Å². The first-order valence-corrected chi connectivity index (χ1v) is 7.62. The molecule has 0 spiro atoms. The molecule has 0 bridgehead atoms. The molecule has 1 aromatic heterocycles. The van der Waals surface area contributed by atoms with Crippen molar-refractivity contribution in [2.24, 2.45) is 0 Å². The van der Waals surface area contributed by atoms with E-state index >= 15 is 0 Å². The van der Waals surface area contributed by atoms with Crippen molar-refractivity contribution < 1.29 is 9.32 Å². The van der Waals surface area contributed by atoms with Gasteiger partial charge in [-0.25, -0.2) is 4.79 Å². The lowest BCUT2D eigenvalue weighted by molar-refractivity contribution is 0.237.